The molecule has 0 heterocycles. The molecule has 5 nitrogen and oxygen atoms in total. The Morgan fingerprint density at radius 1 is 0.667 bits per heavy atom. The average molecular weight is 529 g/mol. The van der Waals surface area contributed by atoms with E-state index in [0.29, 0.717) is 0 Å². The number of rotatable bonds is 4. The summed E-state index contributed by atoms with van der Waals surface area (Å²) in [5, 5.41) is 21.4. The molecule has 0 aliphatic carbocycles. The van der Waals surface area contributed by atoms with Crippen molar-refractivity contribution in [3.8, 4) is 11.5 Å². The molecule has 0 aliphatic heterocycles. The van der Waals surface area contributed by atoms with Crippen LogP contribution in [0.25, 0.3) is 0 Å². The van der Waals surface area contributed by atoms with Crippen LogP contribution in [0.3, 0.4) is 0 Å². The van der Waals surface area contributed by atoms with Gasteiger partial charge in [0.25, 0.3) is 10.1 Å². The summed E-state index contributed by atoms with van der Waals surface area (Å²) in [6.45, 7) is 0. The van der Waals surface area contributed by atoms with Crippen molar-refractivity contribution in [1.29, 1.82) is 0 Å². The number of phenols is 2. The van der Waals surface area contributed by atoms with Gasteiger partial charge < -0.3 is 10.2 Å². The van der Waals surface area contributed by atoms with Gasteiger partial charge in [0.2, 0.25) is 0 Å². The molecule has 0 saturated heterocycles. The van der Waals surface area contributed by atoms with Crippen LogP contribution in [0.2, 0.25) is 25.1 Å². The monoisotopic (exact) mass is 526 g/mol. The highest BCUT2D eigenvalue weighted by Crippen LogP contribution is 2.48. The van der Waals surface area contributed by atoms with Gasteiger partial charge in [0.1, 0.15) is 11.5 Å². The normalized spacial score (nSPS) is 11.8. The highest BCUT2D eigenvalue weighted by Gasteiger charge is 2.31. The molecule has 0 fully saturated rings. The minimum absolute atomic E-state index is 0.0216. The predicted molar refractivity (Wildman–Crippen MR) is 118 cm³/mol. The number of benzene rings is 3. The van der Waals surface area contributed by atoms with Gasteiger partial charge in [-0.25, -0.2) is 0 Å². The van der Waals surface area contributed by atoms with Crippen LogP contribution in [-0.4, -0.2) is 23.2 Å². The number of hydrogen-bond donors (Lipinski definition) is 3. The van der Waals surface area contributed by atoms with E-state index in [-0.39, 0.29) is 41.8 Å². The van der Waals surface area contributed by atoms with Gasteiger partial charge in [-0.15, -0.1) is 0 Å². The van der Waals surface area contributed by atoms with Crippen LogP contribution in [0.15, 0.2) is 47.4 Å². The first kappa shape index (κ1) is 23.3. The molecule has 3 aromatic rings. The van der Waals surface area contributed by atoms with E-state index in [1.807, 2.05) is 0 Å². The van der Waals surface area contributed by atoms with Crippen molar-refractivity contribution < 1.29 is 23.2 Å². The molecule has 0 bridgehead atoms. The molecule has 0 atom stereocenters. The van der Waals surface area contributed by atoms with Crippen molar-refractivity contribution in [1.82, 2.24) is 0 Å². The minimum atomic E-state index is -4.73. The van der Waals surface area contributed by atoms with Crippen LogP contribution in [0, 0.1) is 0 Å². The Labute approximate surface area is 197 Å². The predicted octanol–water partition coefficient (Wildman–Crippen LogP) is 6.79. The zero-order chi connectivity index (χ0) is 22.4. The maximum atomic E-state index is 12.1. The molecule has 3 N–H and O–H groups in total. The maximum Gasteiger partial charge on any atom is 0.294 e. The standard InChI is InChI=1S/C19H11Cl5O5S/c20-8-1-2-16(30(27,28)29)11(3-8)17(12-4-9(21)6-14(23)18(12)25)13-5-10(22)7-15(24)19(13)26/h1-7,17,25-26H,(H,27,28,29). The lowest BCUT2D eigenvalue weighted by Gasteiger charge is -2.24. The molecule has 0 radical (unpaired) electrons. The van der Waals surface area contributed by atoms with Crippen LogP contribution in [-0.2, 0) is 10.1 Å². The Balaban J connectivity index is 2.51. The number of hydrogen-bond acceptors (Lipinski definition) is 4. The molecule has 0 amide bonds. The molecular formula is C19H11Cl5O5S. The Hall–Kier alpha value is -1.38. The zero-order valence-corrected chi connectivity index (χ0v) is 19.2. The summed E-state index contributed by atoms with van der Waals surface area (Å²) in [6, 6.07) is 8.84. The number of halogens is 5. The van der Waals surface area contributed by atoms with E-state index in [0.717, 1.165) is 6.07 Å². The summed E-state index contributed by atoms with van der Waals surface area (Å²) in [5.41, 5.74) is -0.0335. The molecular weight excluding hydrogens is 518 g/mol. The van der Waals surface area contributed by atoms with Crippen molar-refractivity contribution >= 4 is 68.1 Å². The number of aromatic hydroxyl groups is 2. The summed E-state index contributed by atoms with van der Waals surface area (Å²) in [6.07, 6.45) is 0. The van der Waals surface area contributed by atoms with Gasteiger partial charge >= 0.3 is 0 Å². The van der Waals surface area contributed by atoms with Gasteiger partial charge in [-0.2, -0.15) is 8.42 Å². The van der Waals surface area contributed by atoms with Gasteiger partial charge in [0, 0.05) is 32.1 Å². The van der Waals surface area contributed by atoms with E-state index < -0.39 is 32.4 Å². The number of phenolic OH excluding ortho intramolecular Hbond substituents is 2. The highest BCUT2D eigenvalue weighted by atomic mass is 35.5. The Bertz CT molecular complexity index is 1200. The highest BCUT2D eigenvalue weighted by molar-refractivity contribution is 7.85. The zero-order valence-electron chi connectivity index (χ0n) is 14.6. The van der Waals surface area contributed by atoms with Crippen LogP contribution in [0.4, 0.5) is 0 Å². The first-order chi connectivity index (χ1) is 13.9. The summed E-state index contributed by atoms with van der Waals surface area (Å²) in [4.78, 5) is -0.511. The van der Waals surface area contributed by atoms with Gasteiger partial charge in [0.05, 0.1) is 14.9 Å². The van der Waals surface area contributed by atoms with Crippen molar-refractivity contribution in [2.75, 3.05) is 0 Å². The van der Waals surface area contributed by atoms with Crippen LogP contribution >= 0.6 is 58.0 Å². The third-order valence-electron chi connectivity index (χ3n) is 4.30. The Morgan fingerprint density at radius 2 is 1.10 bits per heavy atom. The topological polar surface area (TPSA) is 94.8 Å². The second-order valence-electron chi connectivity index (χ2n) is 6.24. The largest absolute Gasteiger partial charge is 0.506 e. The SMILES string of the molecule is O=S(=O)(O)c1ccc(Cl)cc1C(c1cc(Cl)cc(Cl)c1O)c1cc(Cl)cc(Cl)c1O. The van der Waals surface area contributed by atoms with Gasteiger partial charge in [-0.3, -0.25) is 4.55 Å². The van der Waals surface area contributed by atoms with Gasteiger partial charge in [-0.05, 0) is 48.0 Å². The van der Waals surface area contributed by atoms with E-state index in [4.69, 9.17) is 58.0 Å². The summed E-state index contributed by atoms with van der Waals surface area (Å²) in [7, 11) is -4.73. The van der Waals surface area contributed by atoms with E-state index in [2.05, 4.69) is 0 Å². The van der Waals surface area contributed by atoms with Gasteiger partial charge in [0.15, 0.2) is 0 Å². The molecule has 0 aromatic heterocycles. The fourth-order valence-electron chi connectivity index (χ4n) is 3.09. The second-order valence-corrected chi connectivity index (χ2v) is 9.75. The molecule has 158 valence electrons. The molecule has 0 unspecified atom stereocenters. The van der Waals surface area contributed by atoms with E-state index in [1.54, 1.807) is 0 Å². The summed E-state index contributed by atoms with van der Waals surface area (Å²) < 4.78 is 33.9. The molecule has 0 spiro atoms. The van der Waals surface area contributed by atoms with E-state index in [1.165, 1.54) is 36.4 Å². The quantitative estimate of drug-likeness (QED) is 0.256. The van der Waals surface area contributed by atoms with E-state index in [9.17, 15) is 23.2 Å². The van der Waals surface area contributed by atoms with E-state index >= 15 is 0 Å². The lowest BCUT2D eigenvalue weighted by molar-refractivity contribution is 0.457. The van der Waals surface area contributed by atoms with Crippen LogP contribution in [0.1, 0.15) is 22.6 Å². The fourth-order valence-corrected chi connectivity index (χ4v) is 5.01. The second kappa shape index (κ2) is 8.63. The minimum Gasteiger partial charge on any atom is -0.506 e. The third-order valence-corrected chi connectivity index (χ3v) is 6.47. The lowest BCUT2D eigenvalue weighted by atomic mass is 9.84. The average Bonchev–Trinajstić information content (AvgIpc) is 2.62. The third kappa shape index (κ3) is 4.60. The lowest BCUT2D eigenvalue weighted by Crippen LogP contribution is -2.11. The Morgan fingerprint density at radius 3 is 1.53 bits per heavy atom. The van der Waals surface area contributed by atoms with Crippen molar-refractivity contribution in [3.63, 3.8) is 0 Å². The Kier molecular flexibility index (Phi) is 6.70. The van der Waals surface area contributed by atoms with Crippen LogP contribution < -0.4 is 0 Å². The molecule has 11 heteroatoms. The van der Waals surface area contributed by atoms with Crippen molar-refractivity contribution in [2.24, 2.45) is 0 Å². The molecule has 30 heavy (non-hydrogen) atoms. The van der Waals surface area contributed by atoms with Crippen molar-refractivity contribution in [2.45, 2.75) is 10.8 Å². The molecule has 0 aliphatic rings. The molecule has 0 saturated carbocycles. The summed E-state index contributed by atoms with van der Waals surface area (Å²) in [5.74, 6) is -2.08. The smallest absolute Gasteiger partial charge is 0.294 e. The molecule has 3 aromatic carbocycles. The van der Waals surface area contributed by atoms with Crippen LogP contribution in [0.5, 0.6) is 11.5 Å². The fraction of sp³-hybridized carbons (Fsp3) is 0.0526. The van der Waals surface area contributed by atoms with Gasteiger partial charge in [-0.1, -0.05) is 58.0 Å². The molecule has 3 rings (SSSR count). The first-order valence-corrected chi connectivity index (χ1v) is 11.4. The van der Waals surface area contributed by atoms with Crippen molar-refractivity contribution in [3.05, 3.63) is 84.3 Å². The maximum absolute atomic E-state index is 12.1. The summed E-state index contributed by atoms with van der Waals surface area (Å²) >= 11 is 30.4. The first-order valence-electron chi connectivity index (χ1n) is 8.03.